The van der Waals surface area contributed by atoms with Gasteiger partial charge in [-0.05, 0) is 19.1 Å². The molecule has 0 spiro atoms. The van der Waals surface area contributed by atoms with Crippen LogP contribution in [0.4, 0.5) is 0 Å². The molecule has 0 fully saturated rings. The van der Waals surface area contributed by atoms with Crippen LogP contribution >= 0.6 is 15.9 Å². The van der Waals surface area contributed by atoms with Gasteiger partial charge in [0.05, 0.1) is 11.1 Å². The summed E-state index contributed by atoms with van der Waals surface area (Å²) in [6, 6.07) is 6.01. The summed E-state index contributed by atoms with van der Waals surface area (Å²) < 4.78 is 0. The number of nitrogens with zero attached hydrogens (tertiary/aromatic N) is 1. The number of benzene rings is 1. The first-order valence-corrected chi connectivity index (χ1v) is 7.63. The van der Waals surface area contributed by atoms with Gasteiger partial charge in [0, 0.05) is 5.92 Å². The topological polar surface area (TPSA) is 112 Å². The van der Waals surface area contributed by atoms with Crippen molar-refractivity contribution in [1.29, 1.82) is 0 Å². The first kappa shape index (κ1) is 17.1. The molecule has 1 aromatic carbocycles. The lowest BCUT2D eigenvalue weighted by Gasteiger charge is -2.39. The maximum atomic E-state index is 12.5. The number of imide groups is 1. The van der Waals surface area contributed by atoms with Crippen LogP contribution in [0.2, 0.25) is 0 Å². The second kappa shape index (κ2) is 5.77. The molecule has 122 valence electrons. The first-order chi connectivity index (χ1) is 10.6. The average Bonchev–Trinajstić information content (AvgIpc) is 2.77. The molecule has 0 aliphatic carbocycles. The maximum Gasteiger partial charge on any atom is 0.330 e. The van der Waals surface area contributed by atoms with Gasteiger partial charge in [-0.25, -0.2) is 4.79 Å². The van der Waals surface area contributed by atoms with Gasteiger partial charge < -0.3 is 10.2 Å². The molecule has 2 amide bonds. The molecule has 0 bridgehead atoms. The van der Waals surface area contributed by atoms with E-state index in [1.165, 1.54) is 26.0 Å². The molecule has 2 N–H and O–H groups in total. The Morgan fingerprint density at radius 2 is 1.57 bits per heavy atom. The van der Waals surface area contributed by atoms with Gasteiger partial charge >= 0.3 is 11.9 Å². The van der Waals surface area contributed by atoms with Crippen LogP contribution in [-0.4, -0.2) is 49.2 Å². The molecule has 3 atom stereocenters. The van der Waals surface area contributed by atoms with E-state index in [0.717, 1.165) is 0 Å². The minimum Gasteiger partial charge on any atom is -0.480 e. The minimum atomic E-state index is -2.01. The van der Waals surface area contributed by atoms with Crippen molar-refractivity contribution in [1.82, 2.24) is 4.90 Å². The van der Waals surface area contributed by atoms with Gasteiger partial charge in [-0.1, -0.05) is 35.0 Å². The Bertz CT molecular complexity index is 683. The molecule has 8 heteroatoms. The van der Waals surface area contributed by atoms with Crippen LogP contribution < -0.4 is 0 Å². The fourth-order valence-electron chi connectivity index (χ4n) is 2.60. The second-order valence-corrected chi connectivity index (χ2v) is 6.46. The van der Waals surface area contributed by atoms with E-state index >= 15 is 0 Å². The third-order valence-corrected chi connectivity index (χ3v) is 5.44. The zero-order chi connectivity index (χ0) is 17.5. The van der Waals surface area contributed by atoms with E-state index in [1.54, 1.807) is 12.1 Å². The quantitative estimate of drug-likeness (QED) is 0.589. The lowest BCUT2D eigenvalue weighted by atomic mass is 9.82. The molecule has 0 radical (unpaired) electrons. The Morgan fingerprint density at radius 3 is 1.91 bits per heavy atom. The summed E-state index contributed by atoms with van der Waals surface area (Å²) >= 11 is 2.92. The van der Waals surface area contributed by atoms with Gasteiger partial charge in [-0.2, -0.15) is 0 Å². The lowest BCUT2D eigenvalue weighted by Crippen LogP contribution is -2.61. The molecule has 2 rings (SSSR count). The fraction of sp³-hybridized carbons (Fsp3) is 0.333. The van der Waals surface area contributed by atoms with E-state index in [0.29, 0.717) is 4.90 Å². The van der Waals surface area contributed by atoms with Crippen LogP contribution in [0.15, 0.2) is 24.3 Å². The van der Waals surface area contributed by atoms with Gasteiger partial charge in [-0.3, -0.25) is 19.3 Å². The number of amides is 2. The number of alkyl halides is 1. The van der Waals surface area contributed by atoms with E-state index in [4.69, 9.17) is 5.11 Å². The minimum absolute atomic E-state index is 0.110. The monoisotopic (exact) mass is 383 g/mol. The lowest BCUT2D eigenvalue weighted by molar-refractivity contribution is -0.151. The molecule has 0 saturated heterocycles. The molecular weight excluding hydrogens is 370 g/mol. The Kier molecular flexibility index (Phi) is 4.30. The highest BCUT2D eigenvalue weighted by Gasteiger charge is 2.56. The summed E-state index contributed by atoms with van der Waals surface area (Å²) in [6.45, 7) is 2.55. The second-order valence-electron chi connectivity index (χ2n) is 5.47. The van der Waals surface area contributed by atoms with Gasteiger partial charge in [0.1, 0.15) is 10.4 Å². The van der Waals surface area contributed by atoms with Crippen molar-refractivity contribution in [2.75, 3.05) is 0 Å². The van der Waals surface area contributed by atoms with Gasteiger partial charge in [-0.15, -0.1) is 0 Å². The SMILES string of the molecule is C[C@H]([C@H](Br)C(=O)O)[C@@](C)(C(=O)O)N1C(=O)c2ccccc2C1=O. The molecule has 1 aliphatic heterocycles. The zero-order valence-electron chi connectivity index (χ0n) is 12.3. The third-order valence-electron chi connectivity index (χ3n) is 4.25. The number of carboxylic acids is 2. The van der Waals surface area contributed by atoms with E-state index in [2.05, 4.69) is 15.9 Å². The number of carbonyl (C=O) groups excluding carboxylic acids is 2. The van der Waals surface area contributed by atoms with Crippen LogP contribution in [0.3, 0.4) is 0 Å². The van der Waals surface area contributed by atoms with Crippen molar-refractivity contribution >= 4 is 39.7 Å². The van der Waals surface area contributed by atoms with Gasteiger partial charge in [0.25, 0.3) is 11.8 Å². The number of hydrogen-bond acceptors (Lipinski definition) is 4. The van der Waals surface area contributed by atoms with Gasteiger partial charge in [0.15, 0.2) is 0 Å². The standard InChI is InChI=1S/C15H14BrNO6/c1-7(10(16)13(20)21)15(2,14(22)23)17-11(18)8-5-3-4-6-9(8)12(17)19/h3-7,10H,1-2H3,(H,20,21)(H,22,23)/t7-,10+,15+/m1/s1. The predicted molar refractivity (Wildman–Crippen MR) is 82.5 cm³/mol. The molecule has 23 heavy (non-hydrogen) atoms. The largest absolute Gasteiger partial charge is 0.480 e. The summed E-state index contributed by atoms with van der Waals surface area (Å²) in [4.78, 5) is 47.5. The molecule has 7 nitrogen and oxygen atoms in total. The summed E-state index contributed by atoms with van der Waals surface area (Å²) in [5.41, 5.74) is -1.79. The number of carboxylic acid groups (broad SMARTS) is 2. The van der Waals surface area contributed by atoms with Crippen molar-refractivity contribution in [2.24, 2.45) is 5.92 Å². The van der Waals surface area contributed by atoms with E-state index in [9.17, 15) is 24.3 Å². The highest BCUT2D eigenvalue weighted by molar-refractivity contribution is 9.10. The van der Waals surface area contributed by atoms with Crippen molar-refractivity contribution < 1.29 is 29.4 Å². The van der Waals surface area contributed by atoms with Crippen LogP contribution in [0.5, 0.6) is 0 Å². The molecule has 1 aliphatic rings. The molecule has 0 unspecified atom stereocenters. The van der Waals surface area contributed by atoms with E-state index < -0.39 is 40.0 Å². The number of rotatable bonds is 5. The summed E-state index contributed by atoms with van der Waals surface area (Å²) in [7, 11) is 0. The smallest absolute Gasteiger partial charge is 0.330 e. The molecule has 0 saturated carbocycles. The van der Waals surface area contributed by atoms with Crippen LogP contribution in [0.25, 0.3) is 0 Å². The van der Waals surface area contributed by atoms with Crippen molar-refractivity contribution in [3.63, 3.8) is 0 Å². The van der Waals surface area contributed by atoms with E-state index in [-0.39, 0.29) is 11.1 Å². The van der Waals surface area contributed by atoms with Crippen LogP contribution in [0, 0.1) is 5.92 Å². The molecule has 1 heterocycles. The normalized spacial score (nSPS) is 19.0. The Labute approximate surface area is 140 Å². The summed E-state index contributed by atoms with van der Waals surface area (Å²) in [5.74, 6) is -5.29. The van der Waals surface area contributed by atoms with Crippen molar-refractivity contribution in [3.8, 4) is 0 Å². The number of hydrogen-bond donors (Lipinski definition) is 2. The third kappa shape index (κ3) is 2.42. The maximum absolute atomic E-state index is 12.5. The van der Waals surface area contributed by atoms with Crippen molar-refractivity contribution in [2.45, 2.75) is 24.2 Å². The number of fused-ring (bicyclic) bond motifs is 1. The molecule has 1 aromatic rings. The fourth-order valence-corrected chi connectivity index (χ4v) is 3.12. The van der Waals surface area contributed by atoms with Crippen LogP contribution in [0.1, 0.15) is 34.6 Å². The van der Waals surface area contributed by atoms with Crippen molar-refractivity contribution in [3.05, 3.63) is 35.4 Å². The Morgan fingerprint density at radius 1 is 1.13 bits per heavy atom. The van der Waals surface area contributed by atoms with Gasteiger partial charge in [0.2, 0.25) is 0 Å². The Balaban J connectivity index is 2.56. The predicted octanol–water partition coefficient (Wildman–Crippen LogP) is 1.61. The number of carbonyl (C=O) groups is 4. The molecule has 0 aromatic heterocycles. The van der Waals surface area contributed by atoms with Crippen LogP contribution in [-0.2, 0) is 9.59 Å². The summed E-state index contributed by atoms with van der Waals surface area (Å²) in [5, 5.41) is 18.8. The molecular formula is C15H14BrNO6. The summed E-state index contributed by atoms with van der Waals surface area (Å²) in [6.07, 6.45) is 0. The zero-order valence-corrected chi connectivity index (χ0v) is 13.9. The van der Waals surface area contributed by atoms with E-state index in [1.807, 2.05) is 0 Å². The highest BCUT2D eigenvalue weighted by Crippen LogP contribution is 2.37. The number of aliphatic carboxylic acids is 2. The average molecular weight is 384 g/mol. The highest BCUT2D eigenvalue weighted by atomic mass is 79.9. The Hall–Kier alpha value is -2.22. The number of halogens is 1. The first-order valence-electron chi connectivity index (χ1n) is 6.72.